The Bertz CT molecular complexity index is 2080. The maximum absolute atomic E-state index is 13.2. The summed E-state index contributed by atoms with van der Waals surface area (Å²) in [4.78, 5) is 68.7. The molecule has 5 amide bonds. The zero-order valence-electron chi connectivity index (χ0n) is 29.4. The highest BCUT2D eigenvalue weighted by atomic mass is 79.9. The molecule has 1 aliphatic rings. The second kappa shape index (κ2) is 15.9. The van der Waals surface area contributed by atoms with Gasteiger partial charge in [0.1, 0.15) is 22.8 Å². The highest BCUT2D eigenvalue weighted by Crippen LogP contribution is 2.21. The zero-order chi connectivity index (χ0) is 37.7. The van der Waals surface area contributed by atoms with E-state index in [4.69, 9.17) is 0 Å². The standard InChI is InChI=1S/C34H41BrN12O5/c1-19(39-34-36-8-7-9-37-34)14-38-30(49)25-10-22(16-44(25)3)41-32(51)27-12-24(18-46(27)5)43-33(52)28-13-23(17-47(28)6)42-31(50)26-11-21(15-45(26)4)40-29(48)20(2)35/h10-13,15-19H,2,7-9,14H2,1,3-6H3,(H,38,49)(H,40,48)(H,41,51)(H,42,50)(H,43,52)(H2,36,37,39). The first kappa shape index (κ1) is 37.2. The lowest BCUT2D eigenvalue weighted by molar-refractivity contribution is -0.112. The minimum absolute atomic E-state index is 0.0544. The molecule has 0 saturated heterocycles. The van der Waals surface area contributed by atoms with Crippen molar-refractivity contribution in [3.05, 3.63) is 82.9 Å². The van der Waals surface area contributed by atoms with Gasteiger partial charge in [0.2, 0.25) is 0 Å². The van der Waals surface area contributed by atoms with Gasteiger partial charge in [-0.25, -0.2) is 0 Å². The average Bonchev–Trinajstić information content (AvgIpc) is 3.85. The van der Waals surface area contributed by atoms with Gasteiger partial charge >= 0.3 is 0 Å². The topological polar surface area (TPSA) is 202 Å². The Balaban J connectivity index is 1.16. The SMILES string of the molecule is C=C(Br)C(=O)Nc1cc(C(=O)Nc2cc(C(=O)Nc3cc(C(=O)Nc4cc(C(=O)NCC(C)NC5=NCCCN5)n(C)c4)n(C)c3)n(C)c2)n(C)c1. The van der Waals surface area contributed by atoms with Crippen molar-refractivity contribution in [3.63, 3.8) is 0 Å². The highest BCUT2D eigenvalue weighted by molar-refractivity contribution is 9.12. The lowest BCUT2D eigenvalue weighted by Gasteiger charge is -2.21. The normalized spacial score (nSPS) is 12.9. The van der Waals surface area contributed by atoms with E-state index < -0.39 is 23.6 Å². The van der Waals surface area contributed by atoms with Gasteiger partial charge in [-0.05, 0) is 53.5 Å². The molecular formula is C34H41BrN12O5. The Kier molecular flexibility index (Phi) is 11.4. The fourth-order valence-corrected chi connectivity index (χ4v) is 5.57. The monoisotopic (exact) mass is 776 g/mol. The fraction of sp³-hybridized carbons (Fsp3) is 0.294. The molecule has 0 bridgehead atoms. The van der Waals surface area contributed by atoms with Gasteiger partial charge < -0.3 is 55.5 Å². The molecule has 1 aliphatic heterocycles. The van der Waals surface area contributed by atoms with Crippen LogP contribution in [0.2, 0.25) is 0 Å². The third-order valence-electron chi connectivity index (χ3n) is 8.08. The van der Waals surface area contributed by atoms with Crippen LogP contribution >= 0.6 is 15.9 Å². The molecule has 18 heteroatoms. The number of carbonyl (C=O) groups excluding carboxylic acids is 5. The van der Waals surface area contributed by atoms with E-state index in [2.05, 4.69) is 64.7 Å². The largest absolute Gasteiger partial charge is 0.356 e. The van der Waals surface area contributed by atoms with Crippen LogP contribution in [-0.4, -0.2) is 79.4 Å². The minimum Gasteiger partial charge on any atom is -0.356 e. The second-order valence-corrected chi connectivity index (χ2v) is 13.3. The number of nitrogens with one attached hydrogen (secondary N) is 7. The van der Waals surface area contributed by atoms with E-state index in [0.717, 1.165) is 25.5 Å². The number of anilines is 4. The lowest BCUT2D eigenvalue weighted by Crippen LogP contribution is -2.48. The molecule has 5 rings (SSSR count). The smallest absolute Gasteiger partial charge is 0.272 e. The number of aliphatic imine (C=N–C) groups is 1. The van der Waals surface area contributed by atoms with Crippen molar-refractivity contribution in [2.24, 2.45) is 33.2 Å². The summed E-state index contributed by atoms with van der Waals surface area (Å²) < 4.78 is 6.46. The molecule has 17 nitrogen and oxygen atoms in total. The number of aromatic nitrogens is 4. The molecule has 4 aromatic rings. The molecule has 7 N–H and O–H groups in total. The van der Waals surface area contributed by atoms with Gasteiger partial charge in [-0.3, -0.25) is 29.0 Å². The van der Waals surface area contributed by atoms with E-state index in [1.807, 2.05) is 6.92 Å². The van der Waals surface area contributed by atoms with E-state index in [9.17, 15) is 24.0 Å². The molecule has 52 heavy (non-hydrogen) atoms. The molecular weight excluding hydrogens is 736 g/mol. The maximum atomic E-state index is 13.2. The number of nitrogens with zero attached hydrogens (tertiary/aromatic N) is 5. The third-order valence-corrected chi connectivity index (χ3v) is 8.44. The first-order valence-electron chi connectivity index (χ1n) is 16.3. The highest BCUT2D eigenvalue weighted by Gasteiger charge is 2.20. The van der Waals surface area contributed by atoms with E-state index in [0.29, 0.717) is 35.0 Å². The molecule has 0 radical (unpaired) electrons. The summed E-state index contributed by atoms with van der Waals surface area (Å²) in [5.41, 5.74) is 2.75. The lowest BCUT2D eigenvalue weighted by atomic mass is 10.3. The van der Waals surface area contributed by atoms with Crippen molar-refractivity contribution in [2.75, 3.05) is 40.9 Å². The minimum atomic E-state index is -0.467. The maximum Gasteiger partial charge on any atom is 0.272 e. The third kappa shape index (κ3) is 9.00. The Morgan fingerprint density at radius 2 is 1.13 bits per heavy atom. The van der Waals surface area contributed by atoms with Crippen LogP contribution < -0.4 is 37.2 Å². The average molecular weight is 778 g/mol. The van der Waals surface area contributed by atoms with Crippen LogP contribution in [0.25, 0.3) is 0 Å². The van der Waals surface area contributed by atoms with Gasteiger partial charge in [-0.1, -0.05) is 6.58 Å². The van der Waals surface area contributed by atoms with Crippen LogP contribution in [0.15, 0.2) is 65.1 Å². The van der Waals surface area contributed by atoms with Gasteiger partial charge in [-0.2, -0.15) is 0 Å². The van der Waals surface area contributed by atoms with Crippen LogP contribution in [0.3, 0.4) is 0 Å². The summed E-state index contributed by atoms with van der Waals surface area (Å²) in [6.07, 6.45) is 7.41. The number of halogens is 1. The van der Waals surface area contributed by atoms with Gasteiger partial charge in [0.05, 0.1) is 27.2 Å². The number of hydrogen-bond donors (Lipinski definition) is 7. The van der Waals surface area contributed by atoms with Crippen molar-refractivity contribution in [1.29, 1.82) is 0 Å². The van der Waals surface area contributed by atoms with Gasteiger partial charge in [-0.15, -0.1) is 0 Å². The van der Waals surface area contributed by atoms with Crippen LogP contribution in [0.1, 0.15) is 55.3 Å². The summed E-state index contributed by atoms with van der Waals surface area (Å²) in [6.45, 7) is 7.46. The molecule has 274 valence electrons. The van der Waals surface area contributed by atoms with Gasteiger partial charge in [0.25, 0.3) is 29.5 Å². The summed E-state index contributed by atoms with van der Waals surface area (Å²) in [7, 11) is 6.71. The Labute approximate surface area is 308 Å². The molecule has 5 heterocycles. The van der Waals surface area contributed by atoms with Gasteiger partial charge in [0.15, 0.2) is 5.96 Å². The van der Waals surface area contributed by atoms with E-state index in [1.54, 1.807) is 77.3 Å². The van der Waals surface area contributed by atoms with Crippen molar-refractivity contribution in [2.45, 2.75) is 19.4 Å². The van der Waals surface area contributed by atoms with Crippen LogP contribution in [-0.2, 0) is 33.0 Å². The molecule has 4 aromatic heterocycles. The summed E-state index contributed by atoms with van der Waals surface area (Å²) in [5, 5.41) is 20.3. The van der Waals surface area contributed by atoms with E-state index >= 15 is 0 Å². The number of rotatable bonds is 12. The number of hydrogen-bond acceptors (Lipinski definition) is 8. The number of amides is 5. The van der Waals surface area contributed by atoms with Crippen molar-refractivity contribution >= 4 is 74.2 Å². The first-order chi connectivity index (χ1) is 24.7. The molecule has 0 saturated carbocycles. The molecule has 0 aliphatic carbocycles. The molecule has 0 aromatic carbocycles. The van der Waals surface area contributed by atoms with E-state index in [-0.39, 0.29) is 33.5 Å². The van der Waals surface area contributed by atoms with Crippen LogP contribution in [0.5, 0.6) is 0 Å². The molecule has 1 unspecified atom stereocenters. The molecule has 0 fully saturated rings. The molecule has 0 spiro atoms. The summed E-state index contributed by atoms with van der Waals surface area (Å²) >= 11 is 3.02. The zero-order valence-corrected chi connectivity index (χ0v) is 31.0. The van der Waals surface area contributed by atoms with Crippen LogP contribution in [0, 0.1) is 0 Å². The number of guanidine groups is 1. The van der Waals surface area contributed by atoms with E-state index in [1.165, 1.54) is 18.2 Å². The summed E-state index contributed by atoms with van der Waals surface area (Å²) in [5.74, 6) is -1.36. The first-order valence-corrected chi connectivity index (χ1v) is 17.1. The second-order valence-electron chi connectivity index (χ2n) is 12.4. The molecule has 1 atom stereocenters. The number of carbonyl (C=O) groups is 5. The van der Waals surface area contributed by atoms with Crippen molar-refractivity contribution < 1.29 is 24.0 Å². The van der Waals surface area contributed by atoms with Crippen LogP contribution in [0.4, 0.5) is 22.7 Å². The fourth-order valence-electron chi connectivity index (χ4n) is 5.47. The quantitative estimate of drug-likeness (QED) is 0.107. The Hall–Kier alpha value is -6.04. The van der Waals surface area contributed by atoms with Crippen molar-refractivity contribution in [1.82, 2.24) is 34.2 Å². The predicted octanol–water partition coefficient (Wildman–Crippen LogP) is 2.70. The predicted molar refractivity (Wildman–Crippen MR) is 202 cm³/mol. The van der Waals surface area contributed by atoms with Crippen molar-refractivity contribution in [3.8, 4) is 0 Å². The Morgan fingerprint density at radius 1 is 0.731 bits per heavy atom. The number of aryl methyl sites for hydroxylation is 4. The summed E-state index contributed by atoms with van der Waals surface area (Å²) in [6, 6.07) is 6.11. The van der Waals surface area contributed by atoms with Gasteiger partial charge in [0, 0.05) is 78.7 Å². The Morgan fingerprint density at radius 3 is 1.52 bits per heavy atom.